The summed E-state index contributed by atoms with van der Waals surface area (Å²) in [6, 6.07) is 8.60. The zero-order valence-electron chi connectivity index (χ0n) is 19.3. The zero-order valence-corrected chi connectivity index (χ0v) is 20.1. The molecule has 2 N–H and O–H groups in total. The third-order valence-corrected chi connectivity index (χ3v) is 7.42. The van der Waals surface area contributed by atoms with Gasteiger partial charge >= 0.3 is 0 Å². The number of nitrogens with zero attached hydrogens (tertiary/aromatic N) is 3. The summed E-state index contributed by atoms with van der Waals surface area (Å²) in [7, 11) is -0.828. The van der Waals surface area contributed by atoms with Crippen molar-refractivity contribution < 1.29 is 27.4 Å². The van der Waals surface area contributed by atoms with Crippen LogP contribution in [0.15, 0.2) is 41.0 Å². The quantitative estimate of drug-likeness (QED) is 0.441. The normalized spacial score (nSPS) is 15.7. The largest absolute Gasteiger partial charge is 0.494 e. The Balaban J connectivity index is 1.65. The highest BCUT2D eigenvalue weighted by molar-refractivity contribution is 7.92. The van der Waals surface area contributed by atoms with E-state index >= 15 is 0 Å². The van der Waals surface area contributed by atoms with Crippen LogP contribution in [0.4, 0.5) is 5.95 Å². The standard InChI is InChI=1S/C23H30N4O6S/c1-31-18-10-6-11-19(32-2)21(18)27-22(20-12-7-14-33-20)24-25-23(27)26-34(29,30)15-13-17(28)16-8-4-3-5-9-16/h6-7,10-12,14,16-17,28H,3-5,8-9,13,15H2,1-2H3,(H,25,26)/t17-/m0/s1. The second-order valence-electron chi connectivity index (χ2n) is 8.35. The fraction of sp³-hybridized carbons (Fsp3) is 0.478. The van der Waals surface area contributed by atoms with Crippen molar-refractivity contribution in [3.05, 3.63) is 36.6 Å². The molecule has 0 bridgehead atoms. The summed E-state index contributed by atoms with van der Waals surface area (Å²) in [5.74, 6) is 1.39. The Hall–Kier alpha value is -3.05. The van der Waals surface area contributed by atoms with Crippen molar-refractivity contribution in [2.45, 2.75) is 44.6 Å². The number of hydrogen-bond donors (Lipinski definition) is 2. The van der Waals surface area contributed by atoms with E-state index in [-0.39, 0.29) is 29.9 Å². The van der Waals surface area contributed by atoms with E-state index in [0.717, 1.165) is 25.7 Å². The monoisotopic (exact) mass is 490 g/mol. The lowest BCUT2D eigenvalue weighted by Gasteiger charge is -2.26. The second kappa shape index (κ2) is 10.5. The van der Waals surface area contributed by atoms with Crippen LogP contribution in [0.2, 0.25) is 0 Å². The molecular weight excluding hydrogens is 460 g/mol. The minimum atomic E-state index is -3.84. The Morgan fingerprint density at radius 2 is 1.82 bits per heavy atom. The number of methoxy groups -OCH3 is 2. The van der Waals surface area contributed by atoms with E-state index in [1.54, 1.807) is 30.3 Å². The van der Waals surface area contributed by atoms with Crippen molar-refractivity contribution in [1.29, 1.82) is 0 Å². The van der Waals surface area contributed by atoms with Crippen molar-refractivity contribution in [2.75, 3.05) is 24.7 Å². The van der Waals surface area contributed by atoms with Gasteiger partial charge in [-0.1, -0.05) is 25.3 Å². The molecular formula is C23H30N4O6S. The predicted octanol–water partition coefficient (Wildman–Crippen LogP) is 3.62. The van der Waals surface area contributed by atoms with Gasteiger partial charge in [0.15, 0.2) is 5.76 Å². The van der Waals surface area contributed by atoms with E-state index in [9.17, 15) is 13.5 Å². The molecule has 1 atom stereocenters. The summed E-state index contributed by atoms with van der Waals surface area (Å²) >= 11 is 0. The van der Waals surface area contributed by atoms with E-state index in [4.69, 9.17) is 13.9 Å². The van der Waals surface area contributed by atoms with Crippen LogP contribution in [0.1, 0.15) is 38.5 Å². The van der Waals surface area contributed by atoms with Crippen molar-refractivity contribution >= 4 is 16.0 Å². The Labute approximate surface area is 199 Å². The molecule has 4 rings (SSSR count). The van der Waals surface area contributed by atoms with E-state index in [2.05, 4.69) is 14.9 Å². The Morgan fingerprint density at radius 3 is 2.44 bits per heavy atom. The van der Waals surface area contributed by atoms with Crippen LogP contribution in [0.25, 0.3) is 17.3 Å². The Kier molecular flexibility index (Phi) is 7.42. The van der Waals surface area contributed by atoms with Gasteiger partial charge in [0.05, 0.1) is 32.3 Å². The maximum atomic E-state index is 13.0. The van der Waals surface area contributed by atoms with E-state index in [1.807, 2.05) is 0 Å². The van der Waals surface area contributed by atoms with Crippen LogP contribution in [-0.4, -0.2) is 54.4 Å². The average Bonchev–Trinajstić information content (AvgIpc) is 3.52. The summed E-state index contributed by atoms with van der Waals surface area (Å²) in [6.45, 7) is 0. The van der Waals surface area contributed by atoms with Gasteiger partial charge in [-0.3, -0.25) is 9.29 Å². The number of rotatable bonds is 10. The van der Waals surface area contributed by atoms with Crippen LogP contribution in [0.3, 0.4) is 0 Å². The predicted molar refractivity (Wildman–Crippen MR) is 127 cm³/mol. The smallest absolute Gasteiger partial charge is 0.243 e. The zero-order chi connectivity index (χ0) is 24.1. The molecule has 0 saturated heterocycles. The van der Waals surface area contributed by atoms with Crippen LogP contribution < -0.4 is 14.2 Å². The molecule has 3 aromatic rings. The molecule has 2 heterocycles. The number of nitrogens with one attached hydrogen (secondary N) is 1. The maximum absolute atomic E-state index is 13.0. The summed E-state index contributed by atoms with van der Waals surface area (Å²) in [4.78, 5) is 0. The molecule has 1 fully saturated rings. The number of aliphatic hydroxyl groups excluding tert-OH is 1. The first kappa shape index (κ1) is 24.1. The molecule has 1 aliphatic carbocycles. The number of furan rings is 1. The topological polar surface area (TPSA) is 129 Å². The summed E-state index contributed by atoms with van der Waals surface area (Å²) in [6.07, 6.45) is 6.18. The van der Waals surface area contributed by atoms with Crippen molar-refractivity contribution in [3.63, 3.8) is 0 Å². The fourth-order valence-electron chi connectivity index (χ4n) is 4.40. The molecule has 2 aromatic heterocycles. The van der Waals surface area contributed by atoms with Gasteiger partial charge < -0.3 is 19.0 Å². The third kappa shape index (κ3) is 5.20. The first-order valence-corrected chi connectivity index (χ1v) is 13.0. The molecule has 10 nitrogen and oxygen atoms in total. The number of aliphatic hydroxyl groups is 1. The molecule has 0 radical (unpaired) electrons. The Bertz CT molecular complexity index is 1160. The highest BCUT2D eigenvalue weighted by Gasteiger charge is 2.28. The summed E-state index contributed by atoms with van der Waals surface area (Å²) in [5.41, 5.74) is 0.420. The third-order valence-electron chi connectivity index (χ3n) is 6.15. The lowest BCUT2D eigenvalue weighted by molar-refractivity contribution is 0.0822. The van der Waals surface area contributed by atoms with Gasteiger partial charge in [0, 0.05) is 0 Å². The molecule has 0 spiro atoms. The minimum absolute atomic E-state index is 0.0404. The molecule has 0 aliphatic heterocycles. The summed E-state index contributed by atoms with van der Waals surface area (Å²) in [5, 5.41) is 18.8. The number of hydrogen-bond acceptors (Lipinski definition) is 8. The number of benzene rings is 1. The number of sulfonamides is 1. The van der Waals surface area contributed by atoms with E-state index in [0.29, 0.717) is 22.9 Å². The summed E-state index contributed by atoms with van der Waals surface area (Å²) < 4.78 is 46.5. The highest BCUT2D eigenvalue weighted by atomic mass is 32.2. The maximum Gasteiger partial charge on any atom is 0.243 e. The van der Waals surface area contributed by atoms with Crippen molar-refractivity contribution in [3.8, 4) is 28.8 Å². The van der Waals surface area contributed by atoms with Crippen molar-refractivity contribution in [1.82, 2.24) is 14.8 Å². The first-order chi connectivity index (χ1) is 16.4. The lowest BCUT2D eigenvalue weighted by Crippen LogP contribution is -2.28. The van der Waals surface area contributed by atoms with E-state index < -0.39 is 16.1 Å². The van der Waals surface area contributed by atoms with E-state index in [1.165, 1.54) is 31.5 Å². The molecule has 0 amide bonds. The van der Waals surface area contributed by atoms with Crippen LogP contribution >= 0.6 is 0 Å². The molecule has 1 aliphatic rings. The van der Waals surface area contributed by atoms with Crippen molar-refractivity contribution in [2.24, 2.45) is 5.92 Å². The van der Waals surface area contributed by atoms with Gasteiger partial charge in [-0.25, -0.2) is 8.42 Å². The highest BCUT2D eigenvalue weighted by Crippen LogP contribution is 2.37. The van der Waals surface area contributed by atoms with Gasteiger partial charge in [0.25, 0.3) is 0 Å². The fourth-order valence-corrected chi connectivity index (χ4v) is 5.46. The van der Waals surface area contributed by atoms with Gasteiger partial charge in [0.2, 0.25) is 21.8 Å². The molecule has 184 valence electrons. The number of aromatic nitrogens is 3. The van der Waals surface area contributed by atoms with Crippen LogP contribution in [-0.2, 0) is 10.0 Å². The molecule has 0 unspecified atom stereocenters. The minimum Gasteiger partial charge on any atom is -0.494 e. The van der Waals surface area contributed by atoms with Crippen LogP contribution in [0.5, 0.6) is 11.5 Å². The Morgan fingerprint density at radius 1 is 1.12 bits per heavy atom. The number of anilines is 1. The van der Waals surface area contributed by atoms with Gasteiger partial charge in [0.1, 0.15) is 17.2 Å². The van der Waals surface area contributed by atoms with Gasteiger partial charge in [-0.2, -0.15) is 0 Å². The molecule has 1 aromatic carbocycles. The van der Waals surface area contributed by atoms with Gasteiger partial charge in [-0.15, -0.1) is 10.2 Å². The number of ether oxygens (including phenoxy) is 2. The molecule has 11 heteroatoms. The number of para-hydroxylation sites is 1. The average molecular weight is 491 g/mol. The van der Waals surface area contributed by atoms with Crippen LogP contribution in [0, 0.1) is 5.92 Å². The molecule has 1 saturated carbocycles. The SMILES string of the molecule is COc1cccc(OC)c1-n1c(NS(=O)(=O)CC[C@H](O)C2CCCCC2)nnc1-c1ccco1. The first-order valence-electron chi connectivity index (χ1n) is 11.3. The lowest BCUT2D eigenvalue weighted by atomic mass is 9.84. The second-order valence-corrected chi connectivity index (χ2v) is 10.2. The molecule has 34 heavy (non-hydrogen) atoms. The van der Waals surface area contributed by atoms with Gasteiger partial charge in [-0.05, 0) is 49.4 Å².